The van der Waals surface area contributed by atoms with Gasteiger partial charge < -0.3 is 10.2 Å². The molecular formula is C12H20Br4O2. The van der Waals surface area contributed by atoms with Gasteiger partial charge in [-0.1, -0.05) is 102 Å². The van der Waals surface area contributed by atoms with E-state index >= 15 is 0 Å². The molecule has 1 rings (SSSR count). The van der Waals surface area contributed by atoms with E-state index in [1.54, 1.807) is 0 Å². The molecule has 1 aliphatic rings. The van der Waals surface area contributed by atoms with Gasteiger partial charge in [0.1, 0.15) is 3.23 Å². The Morgan fingerprint density at radius 1 is 0.611 bits per heavy atom. The van der Waals surface area contributed by atoms with E-state index in [1.807, 2.05) is 0 Å². The monoisotopic (exact) mass is 512 g/mol. The molecule has 2 nitrogen and oxygen atoms in total. The van der Waals surface area contributed by atoms with Crippen LogP contribution in [0, 0.1) is 0 Å². The number of aliphatic hydroxyl groups is 2. The third kappa shape index (κ3) is 4.42. The van der Waals surface area contributed by atoms with E-state index in [4.69, 9.17) is 0 Å². The number of hydrogen-bond donors (Lipinski definition) is 2. The van der Waals surface area contributed by atoms with Gasteiger partial charge in [-0.2, -0.15) is 0 Å². The summed E-state index contributed by atoms with van der Waals surface area (Å²) in [6.45, 7) is 0. The van der Waals surface area contributed by atoms with Crippen molar-refractivity contribution in [1.82, 2.24) is 0 Å². The largest absolute Gasteiger partial charge is 0.364 e. The minimum Gasteiger partial charge on any atom is -0.364 e. The Hall–Kier alpha value is 1.84. The van der Waals surface area contributed by atoms with Gasteiger partial charge in [-0.25, -0.2) is 0 Å². The van der Waals surface area contributed by atoms with Gasteiger partial charge >= 0.3 is 0 Å². The molecule has 0 amide bonds. The quantitative estimate of drug-likeness (QED) is 0.345. The van der Waals surface area contributed by atoms with Gasteiger partial charge in [-0.3, -0.25) is 0 Å². The summed E-state index contributed by atoms with van der Waals surface area (Å²) in [4.78, 5) is 0. The van der Waals surface area contributed by atoms with E-state index in [2.05, 4.69) is 63.7 Å². The average Bonchev–Trinajstić information content (AvgIpc) is 2.25. The normalized spacial score (nSPS) is 29.0. The Bertz CT molecular complexity index is 243. The van der Waals surface area contributed by atoms with E-state index in [-0.39, 0.29) is 0 Å². The summed E-state index contributed by atoms with van der Waals surface area (Å²) in [7, 11) is 0. The standard InChI is InChI=1S/C12H20Br4O2/c13-10(14)8-6-4-2-1-3-5-7-9-11(17,18)12(10,15)16/h17-18H,1-9H2. The van der Waals surface area contributed by atoms with Crippen LogP contribution in [-0.4, -0.2) is 22.5 Å². The first-order valence-electron chi connectivity index (χ1n) is 6.41. The highest BCUT2D eigenvalue weighted by Crippen LogP contribution is 2.57. The number of hydrogen-bond acceptors (Lipinski definition) is 2. The summed E-state index contributed by atoms with van der Waals surface area (Å²) < 4.78 is -1.60. The molecule has 0 radical (unpaired) electrons. The van der Waals surface area contributed by atoms with Crippen molar-refractivity contribution in [1.29, 1.82) is 0 Å². The van der Waals surface area contributed by atoms with Crippen molar-refractivity contribution < 1.29 is 10.2 Å². The molecule has 0 unspecified atom stereocenters. The lowest BCUT2D eigenvalue weighted by Gasteiger charge is -2.43. The van der Waals surface area contributed by atoms with Crippen molar-refractivity contribution in [3.05, 3.63) is 0 Å². The predicted molar refractivity (Wildman–Crippen MR) is 89.9 cm³/mol. The zero-order chi connectivity index (χ0) is 13.9. The highest BCUT2D eigenvalue weighted by atomic mass is 79.9. The van der Waals surface area contributed by atoms with Gasteiger partial charge in [-0.15, -0.1) is 0 Å². The van der Waals surface area contributed by atoms with Crippen LogP contribution in [0.2, 0.25) is 0 Å². The number of alkyl halides is 4. The van der Waals surface area contributed by atoms with E-state index in [1.165, 1.54) is 25.7 Å². The zero-order valence-electron chi connectivity index (χ0n) is 10.3. The van der Waals surface area contributed by atoms with Crippen molar-refractivity contribution in [2.45, 2.75) is 70.0 Å². The summed E-state index contributed by atoms with van der Waals surface area (Å²) in [5.74, 6) is -1.81. The van der Waals surface area contributed by atoms with Crippen LogP contribution >= 0.6 is 63.7 Å². The molecule has 0 heterocycles. The summed E-state index contributed by atoms with van der Waals surface area (Å²) in [6.07, 6.45) is 8.95. The van der Waals surface area contributed by atoms with Gasteiger partial charge in [-0.05, 0) is 12.8 Å². The van der Waals surface area contributed by atoms with Crippen LogP contribution in [0.25, 0.3) is 0 Å². The topological polar surface area (TPSA) is 40.5 Å². The van der Waals surface area contributed by atoms with Crippen LogP contribution in [0.1, 0.15) is 57.8 Å². The number of rotatable bonds is 0. The molecule has 0 saturated heterocycles. The first-order valence-corrected chi connectivity index (χ1v) is 9.58. The molecule has 0 bridgehead atoms. The summed E-state index contributed by atoms with van der Waals surface area (Å²) in [6, 6.07) is 0. The SMILES string of the molecule is OC1(O)CCCCCCCCCC(Br)(Br)C1(Br)Br. The van der Waals surface area contributed by atoms with Gasteiger partial charge in [0, 0.05) is 6.42 Å². The first-order chi connectivity index (χ1) is 8.21. The molecule has 1 saturated carbocycles. The molecule has 2 N–H and O–H groups in total. The third-order valence-corrected chi connectivity index (χ3v) is 10.2. The fourth-order valence-corrected chi connectivity index (χ4v) is 4.20. The summed E-state index contributed by atoms with van der Waals surface area (Å²) in [5.41, 5.74) is 0. The van der Waals surface area contributed by atoms with Crippen LogP contribution in [0.15, 0.2) is 0 Å². The second-order valence-corrected chi connectivity index (χ2v) is 12.3. The second-order valence-electron chi connectivity index (χ2n) is 5.07. The molecular weight excluding hydrogens is 496 g/mol. The van der Waals surface area contributed by atoms with Crippen LogP contribution < -0.4 is 0 Å². The Balaban J connectivity index is 2.83. The van der Waals surface area contributed by atoms with Crippen molar-refractivity contribution in [3.63, 3.8) is 0 Å². The van der Waals surface area contributed by atoms with Crippen molar-refractivity contribution in [2.75, 3.05) is 0 Å². The maximum absolute atomic E-state index is 10.3. The zero-order valence-corrected chi connectivity index (χ0v) is 16.6. The van der Waals surface area contributed by atoms with Gasteiger partial charge in [0.05, 0.1) is 0 Å². The Morgan fingerprint density at radius 2 is 1.00 bits per heavy atom. The lowest BCUT2D eigenvalue weighted by molar-refractivity contribution is -0.171. The molecule has 0 atom stereocenters. The molecule has 0 aliphatic heterocycles. The van der Waals surface area contributed by atoms with Crippen molar-refractivity contribution >= 4 is 63.7 Å². The van der Waals surface area contributed by atoms with Gasteiger partial charge in [0.15, 0.2) is 9.02 Å². The lowest BCUT2D eigenvalue weighted by atomic mass is 9.97. The fourth-order valence-electron chi connectivity index (χ4n) is 2.21. The van der Waals surface area contributed by atoms with Crippen LogP contribution in [0.4, 0.5) is 0 Å². The summed E-state index contributed by atoms with van der Waals surface area (Å²) in [5, 5.41) is 20.6. The Kier molecular flexibility index (Phi) is 7.17. The molecule has 0 spiro atoms. The molecule has 0 aromatic rings. The van der Waals surface area contributed by atoms with E-state index in [0.29, 0.717) is 6.42 Å². The van der Waals surface area contributed by atoms with E-state index < -0.39 is 12.3 Å². The fraction of sp³-hybridized carbons (Fsp3) is 1.00. The summed E-state index contributed by atoms with van der Waals surface area (Å²) >= 11 is 14.1. The van der Waals surface area contributed by atoms with Crippen molar-refractivity contribution in [2.24, 2.45) is 0 Å². The van der Waals surface area contributed by atoms with E-state index in [0.717, 1.165) is 25.7 Å². The first kappa shape index (κ1) is 17.9. The molecule has 0 aromatic heterocycles. The highest BCUT2D eigenvalue weighted by Gasteiger charge is 2.57. The molecule has 108 valence electrons. The minimum atomic E-state index is -1.81. The third-order valence-electron chi connectivity index (χ3n) is 3.48. The van der Waals surface area contributed by atoms with Crippen molar-refractivity contribution in [3.8, 4) is 0 Å². The highest BCUT2D eigenvalue weighted by molar-refractivity contribution is 9.30. The van der Waals surface area contributed by atoms with Crippen LogP contribution in [0.5, 0.6) is 0 Å². The van der Waals surface area contributed by atoms with Crippen LogP contribution in [-0.2, 0) is 0 Å². The van der Waals surface area contributed by atoms with Gasteiger partial charge in [0.25, 0.3) is 0 Å². The maximum atomic E-state index is 10.3. The van der Waals surface area contributed by atoms with Gasteiger partial charge in [0.2, 0.25) is 0 Å². The predicted octanol–water partition coefficient (Wildman–Crippen LogP) is 5.16. The molecule has 0 aromatic carbocycles. The number of halogens is 4. The minimum absolute atomic E-state index is 0.350. The molecule has 6 heteroatoms. The Labute approximate surface area is 143 Å². The van der Waals surface area contributed by atoms with E-state index in [9.17, 15) is 10.2 Å². The second kappa shape index (κ2) is 7.21. The molecule has 18 heavy (non-hydrogen) atoms. The average molecular weight is 516 g/mol. The smallest absolute Gasteiger partial charge is 0.190 e. The van der Waals surface area contributed by atoms with Crippen LogP contribution in [0.3, 0.4) is 0 Å². The molecule has 1 aliphatic carbocycles. The maximum Gasteiger partial charge on any atom is 0.190 e. The Morgan fingerprint density at radius 3 is 1.50 bits per heavy atom. The molecule has 1 fully saturated rings. The lowest BCUT2D eigenvalue weighted by Crippen LogP contribution is -2.55.